The summed E-state index contributed by atoms with van der Waals surface area (Å²) in [5.41, 5.74) is 2.77. The average Bonchev–Trinajstić information content (AvgIpc) is 3.29. The predicted octanol–water partition coefficient (Wildman–Crippen LogP) is 6.57. The summed E-state index contributed by atoms with van der Waals surface area (Å²) in [7, 11) is 0. The number of nitro groups is 1. The van der Waals surface area contributed by atoms with Gasteiger partial charge in [0, 0.05) is 23.1 Å². The third-order valence-corrected chi connectivity index (χ3v) is 5.27. The molecule has 0 saturated carbocycles. The molecule has 7 heteroatoms. The van der Waals surface area contributed by atoms with Gasteiger partial charge in [0.2, 0.25) is 0 Å². The first kappa shape index (κ1) is 20.0. The number of para-hydroxylation sites is 1. The summed E-state index contributed by atoms with van der Waals surface area (Å²) in [4.78, 5) is 14.9. The number of non-ortho nitro benzene ring substituents is 1. The number of nitrogens with zero attached hydrogens (tertiary/aromatic N) is 3. The van der Waals surface area contributed by atoms with Crippen molar-refractivity contribution in [1.82, 2.24) is 4.98 Å². The minimum atomic E-state index is -0.456. The molecular weight excluding hydrogens is 410 g/mol. The minimum Gasteiger partial charge on any atom is -0.457 e. The Hall–Kier alpha value is -4.28. The molecule has 0 aliphatic rings. The molecule has 1 aromatic heterocycles. The maximum Gasteiger partial charge on any atom is 0.269 e. The van der Waals surface area contributed by atoms with Crippen LogP contribution < -0.4 is 4.74 Å². The number of nitro benzene ring substituents is 1. The Morgan fingerprint density at radius 3 is 2.32 bits per heavy atom. The summed E-state index contributed by atoms with van der Waals surface area (Å²) in [5, 5.41) is 22.8. The first-order valence-corrected chi connectivity index (χ1v) is 10.2. The Morgan fingerprint density at radius 2 is 1.68 bits per heavy atom. The van der Waals surface area contributed by atoms with E-state index in [9.17, 15) is 15.4 Å². The molecule has 0 bridgehead atoms. The van der Waals surface area contributed by atoms with Crippen molar-refractivity contribution in [2.24, 2.45) is 0 Å². The Kier molecular flexibility index (Phi) is 5.83. The molecule has 0 aliphatic carbocycles. The molecule has 150 valence electrons. The molecule has 4 rings (SSSR count). The fourth-order valence-corrected chi connectivity index (χ4v) is 3.64. The molecule has 0 atom stereocenters. The van der Waals surface area contributed by atoms with E-state index in [1.54, 1.807) is 18.2 Å². The quantitative estimate of drug-likeness (QED) is 0.198. The summed E-state index contributed by atoms with van der Waals surface area (Å²) in [6.07, 6.45) is 1.67. The predicted molar refractivity (Wildman–Crippen MR) is 121 cm³/mol. The SMILES string of the molecule is N#C/C(=C\c1ccc([N+](=O)[O-])cc1)c1nc(-c2ccc(Oc3ccccc3)cc2)cs1. The first-order chi connectivity index (χ1) is 15.1. The molecule has 0 radical (unpaired) electrons. The second-order valence-corrected chi connectivity index (χ2v) is 7.35. The molecule has 6 nitrogen and oxygen atoms in total. The Labute approximate surface area is 182 Å². The van der Waals surface area contributed by atoms with Gasteiger partial charge in [-0.05, 0) is 60.2 Å². The lowest BCUT2D eigenvalue weighted by atomic mass is 10.1. The summed E-state index contributed by atoms with van der Waals surface area (Å²) in [5.74, 6) is 1.49. The van der Waals surface area contributed by atoms with Crippen LogP contribution >= 0.6 is 11.3 Å². The van der Waals surface area contributed by atoms with E-state index in [0.29, 0.717) is 16.1 Å². The van der Waals surface area contributed by atoms with Gasteiger partial charge in [-0.25, -0.2) is 4.98 Å². The lowest BCUT2D eigenvalue weighted by Gasteiger charge is -2.05. The molecule has 0 aliphatic heterocycles. The topological polar surface area (TPSA) is 89.0 Å². The van der Waals surface area contributed by atoms with E-state index in [1.807, 2.05) is 60.0 Å². The zero-order chi connectivity index (χ0) is 21.6. The monoisotopic (exact) mass is 425 g/mol. The third kappa shape index (κ3) is 4.83. The molecule has 31 heavy (non-hydrogen) atoms. The van der Waals surface area contributed by atoms with Gasteiger partial charge in [-0.3, -0.25) is 10.1 Å². The van der Waals surface area contributed by atoms with Gasteiger partial charge in [0.1, 0.15) is 22.6 Å². The van der Waals surface area contributed by atoms with Crippen LogP contribution in [0.5, 0.6) is 11.5 Å². The number of thiazole rings is 1. The van der Waals surface area contributed by atoms with Gasteiger partial charge >= 0.3 is 0 Å². The highest BCUT2D eigenvalue weighted by atomic mass is 32.1. The van der Waals surface area contributed by atoms with Crippen molar-refractivity contribution < 1.29 is 9.66 Å². The molecule has 0 saturated heterocycles. The molecular formula is C24H15N3O3S. The van der Waals surface area contributed by atoms with Gasteiger partial charge in [0.15, 0.2) is 0 Å². The normalized spacial score (nSPS) is 11.0. The highest BCUT2D eigenvalue weighted by Crippen LogP contribution is 2.29. The second-order valence-electron chi connectivity index (χ2n) is 6.50. The van der Waals surface area contributed by atoms with Crippen LogP contribution in [0.1, 0.15) is 10.6 Å². The molecule has 3 aromatic carbocycles. The van der Waals surface area contributed by atoms with Crippen molar-refractivity contribution in [3.8, 4) is 28.8 Å². The maximum absolute atomic E-state index is 10.8. The number of ether oxygens (including phenoxy) is 1. The molecule has 0 spiro atoms. The molecule has 4 aromatic rings. The largest absolute Gasteiger partial charge is 0.457 e. The van der Waals surface area contributed by atoms with Crippen LogP contribution in [0.15, 0.2) is 84.2 Å². The number of aromatic nitrogens is 1. The Bertz CT molecular complexity index is 1270. The zero-order valence-electron chi connectivity index (χ0n) is 16.1. The van der Waals surface area contributed by atoms with Gasteiger partial charge in [-0.2, -0.15) is 5.26 Å². The second kappa shape index (κ2) is 9.03. The summed E-state index contributed by atoms with van der Waals surface area (Å²) in [6, 6.07) is 25.3. The van der Waals surface area contributed by atoms with E-state index < -0.39 is 4.92 Å². The fourth-order valence-electron chi connectivity index (χ4n) is 2.85. The first-order valence-electron chi connectivity index (χ1n) is 9.28. The molecule has 0 N–H and O–H groups in total. The van der Waals surface area contributed by atoms with Crippen LogP contribution in [0, 0.1) is 21.4 Å². The minimum absolute atomic E-state index is 0.00637. The van der Waals surface area contributed by atoms with Crippen LogP contribution in [0.3, 0.4) is 0 Å². The van der Waals surface area contributed by atoms with Crippen molar-refractivity contribution >= 4 is 28.7 Å². The van der Waals surface area contributed by atoms with Crippen LogP contribution in [0.4, 0.5) is 5.69 Å². The molecule has 0 amide bonds. The third-order valence-electron chi connectivity index (χ3n) is 4.40. The summed E-state index contributed by atoms with van der Waals surface area (Å²) < 4.78 is 5.81. The van der Waals surface area contributed by atoms with E-state index in [4.69, 9.17) is 4.74 Å². The summed E-state index contributed by atoms with van der Waals surface area (Å²) in [6.45, 7) is 0. The van der Waals surface area contributed by atoms with Crippen LogP contribution in [-0.2, 0) is 0 Å². The average molecular weight is 425 g/mol. The van der Waals surface area contributed by atoms with E-state index in [1.165, 1.54) is 23.5 Å². The number of hydrogen-bond donors (Lipinski definition) is 0. The van der Waals surface area contributed by atoms with E-state index >= 15 is 0 Å². The number of hydrogen-bond acceptors (Lipinski definition) is 6. The van der Waals surface area contributed by atoms with E-state index in [-0.39, 0.29) is 5.69 Å². The Balaban J connectivity index is 1.52. The lowest BCUT2D eigenvalue weighted by Crippen LogP contribution is -1.87. The number of nitriles is 1. The standard InChI is InChI=1S/C24H15N3O3S/c25-15-19(14-17-6-10-20(11-7-17)27(28)29)24-26-23(16-31-24)18-8-12-22(13-9-18)30-21-4-2-1-3-5-21/h1-14,16H/b19-14+. The molecule has 0 fully saturated rings. The van der Waals surface area contributed by atoms with Crippen molar-refractivity contribution in [2.45, 2.75) is 0 Å². The zero-order valence-corrected chi connectivity index (χ0v) is 17.0. The summed E-state index contributed by atoms with van der Waals surface area (Å²) >= 11 is 1.37. The number of allylic oxidation sites excluding steroid dienone is 1. The van der Waals surface area contributed by atoms with Gasteiger partial charge in [-0.1, -0.05) is 18.2 Å². The van der Waals surface area contributed by atoms with E-state index in [2.05, 4.69) is 11.1 Å². The maximum atomic E-state index is 10.8. The highest BCUT2D eigenvalue weighted by molar-refractivity contribution is 7.11. The van der Waals surface area contributed by atoms with Gasteiger partial charge < -0.3 is 4.74 Å². The van der Waals surface area contributed by atoms with Crippen LogP contribution in [0.2, 0.25) is 0 Å². The van der Waals surface area contributed by atoms with Crippen molar-refractivity contribution in [1.29, 1.82) is 5.26 Å². The smallest absolute Gasteiger partial charge is 0.269 e. The number of rotatable bonds is 6. The van der Waals surface area contributed by atoms with Gasteiger partial charge in [0.25, 0.3) is 5.69 Å². The molecule has 0 unspecified atom stereocenters. The Morgan fingerprint density at radius 1 is 1.00 bits per heavy atom. The molecule has 1 heterocycles. The van der Waals surface area contributed by atoms with Crippen molar-refractivity contribution in [2.75, 3.05) is 0 Å². The van der Waals surface area contributed by atoms with Gasteiger partial charge in [0.05, 0.1) is 16.2 Å². The van der Waals surface area contributed by atoms with E-state index in [0.717, 1.165) is 22.8 Å². The number of benzene rings is 3. The lowest BCUT2D eigenvalue weighted by molar-refractivity contribution is -0.384. The van der Waals surface area contributed by atoms with Crippen LogP contribution in [0.25, 0.3) is 22.9 Å². The van der Waals surface area contributed by atoms with Crippen LogP contribution in [-0.4, -0.2) is 9.91 Å². The van der Waals surface area contributed by atoms with Crippen molar-refractivity contribution in [3.05, 3.63) is 105 Å². The fraction of sp³-hybridized carbons (Fsp3) is 0. The van der Waals surface area contributed by atoms with Crippen molar-refractivity contribution in [3.63, 3.8) is 0 Å². The van der Waals surface area contributed by atoms with Gasteiger partial charge in [-0.15, -0.1) is 11.3 Å². The highest BCUT2D eigenvalue weighted by Gasteiger charge is 2.10.